The third kappa shape index (κ3) is 1.97. The van der Waals surface area contributed by atoms with Gasteiger partial charge in [0.1, 0.15) is 6.54 Å². The molecule has 0 bridgehead atoms. The van der Waals surface area contributed by atoms with Gasteiger partial charge in [0.2, 0.25) is 5.96 Å². The second kappa shape index (κ2) is 4.57. The van der Waals surface area contributed by atoms with Gasteiger partial charge in [-0.1, -0.05) is 36.4 Å². The molecule has 1 aliphatic rings. The van der Waals surface area contributed by atoms with E-state index in [9.17, 15) is 4.79 Å². The number of carbonyl (C=O) groups excluding carboxylic acids is 1. The molecule has 0 unspecified atom stereocenters. The number of rotatable bonds is 2. The SMILES string of the molecule is N=C1N(c2ccccc2)CC(=O)N1c1ccccc1. The first-order chi connectivity index (χ1) is 9.27. The first-order valence-electron chi connectivity index (χ1n) is 6.06. The monoisotopic (exact) mass is 251 g/mol. The van der Waals surface area contributed by atoms with Gasteiger partial charge in [0.15, 0.2) is 0 Å². The van der Waals surface area contributed by atoms with Crippen LogP contribution in [0.15, 0.2) is 60.7 Å². The maximum Gasteiger partial charge on any atom is 0.253 e. The van der Waals surface area contributed by atoms with Crippen molar-refractivity contribution in [2.45, 2.75) is 0 Å². The van der Waals surface area contributed by atoms with Crippen LogP contribution in [0.3, 0.4) is 0 Å². The van der Waals surface area contributed by atoms with Crippen LogP contribution in [0.4, 0.5) is 11.4 Å². The van der Waals surface area contributed by atoms with Gasteiger partial charge in [0.05, 0.1) is 5.69 Å². The van der Waals surface area contributed by atoms with Gasteiger partial charge in [0.25, 0.3) is 5.91 Å². The third-order valence-electron chi connectivity index (χ3n) is 3.09. The van der Waals surface area contributed by atoms with Gasteiger partial charge in [-0.2, -0.15) is 0 Å². The highest BCUT2D eigenvalue weighted by molar-refractivity contribution is 6.27. The molecule has 0 radical (unpaired) electrons. The summed E-state index contributed by atoms with van der Waals surface area (Å²) in [7, 11) is 0. The molecule has 1 amide bonds. The number of guanidine groups is 1. The van der Waals surface area contributed by atoms with E-state index in [1.54, 1.807) is 4.90 Å². The minimum absolute atomic E-state index is 0.0833. The Morgan fingerprint density at radius 1 is 0.842 bits per heavy atom. The highest BCUT2D eigenvalue weighted by Crippen LogP contribution is 2.24. The Bertz CT molecular complexity index is 610. The Labute approximate surface area is 111 Å². The van der Waals surface area contributed by atoms with Crippen LogP contribution in [0.5, 0.6) is 0 Å². The van der Waals surface area contributed by atoms with Gasteiger partial charge in [-0.3, -0.25) is 10.2 Å². The van der Waals surface area contributed by atoms with Crippen molar-refractivity contribution in [1.29, 1.82) is 5.41 Å². The zero-order valence-corrected chi connectivity index (χ0v) is 10.3. The predicted molar refractivity (Wildman–Crippen MR) is 75.4 cm³/mol. The van der Waals surface area contributed by atoms with Crippen LogP contribution in [0.1, 0.15) is 0 Å². The minimum atomic E-state index is -0.0833. The fraction of sp³-hybridized carbons (Fsp3) is 0.0667. The molecule has 4 heteroatoms. The molecule has 1 N–H and O–H groups in total. The van der Waals surface area contributed by atoms with Gasteiger partial charge in [0, 0.05) is 5.69 Å². The Morgan fingerprint density at radius 2 is 1.37 bits per heavy atom. The van der Waals surface area contributed by atoms with Crippen LogP contribution in [0, 0.1) is 5.41 Å². The molecule has 1 saturated heterocycles. The molecule has 1 heterocycles. The van der Waals surface area contributed by atoms with Crippen molar-refractivity contribution in [2.24, 2.45) is 0 Å². The van der Waals surface area contributed by atoms with Gasteiger partial charge >= 0.3 is 0 Å². The maximum atomic E-state index is 12.1. The van der Waals surface area contributed by atoms with Crippen molar-refractivity contribution in [2.75, 3.05) is 16.3 Å². The molecule has 1 aliphatic heterocycles. The molecule has 94 valence electrons. The zero-order chi connectivity index (χ0) is 13.2. The summed E-state index contributed by atoms with van der Waals surface area (Å²) in [5.41, 5.74) is 1.59. The Balaban J connectivity index is 1.94. The van der Waals surface area contributed by atoms with E-state index in [0.717, 1.165) is 11.4 Å². The van der Waals surface area contributed by atoms with Gasteiger partial charge in [-0.25, -0.2) is 4.90 Å². The van der Waals surface area contributed by atoms with E-state index in [0.29, 0.717) is 0 Å². The molecule has 0 aromatic heterocycles. The van der Waals surface area contributed by atoms with Crippen molar-refractivity contribution in [3.05, 3.63) is 60.7 Å². The van der Waals surface area contributed by atoms with Gasteiger partial charge < -0.3 is 4.90 Å². The number of hydrogen-bond acceptors (Lipinski definition) is 2. The molecule has 0 spiro atoms. The average Bonchev–Trinajstić information content (AvgIpc) is 2.76. The van der Waals surface area contributed by atoms with Crippen LogP contribution < -0.4 is 9.80 Å². The predicted octanol–water partition coefficient (Wildman–Crippen LogP) is 2.47. The van der Waals surface area contributed by atoms with Gasteiger partial charge in [-0.05, 0) is 24.3 Å². The largest absolute Gasteiger partial charge is 0.303 e. The van der Waals surface area contributed by atoms with Crippen LogP contribution in [-0.4, -0.2) is 18.4 Å². The summed E-state index contributed by atoms with van der Waals surface area (Å²) in [5.74, 6) is 0.113. The lowest BCUT2D eigenvalue weighted by Gasteiger charge is -2.20. The summed E-state index contributed by atoms with van der Waals surface area (Å²) < 4.78 is 0. The molecule has 3 rings (SSSR count). The summed E-state index contributed by atoms with van der Waals surface area (Å²) in [4.78, 5) is 15.3. The molecule has 1 fully saturated rings. The first-order valence-corrected chi connectivity index (χ1v) is 6.06. The topological polar surface area (TPSA) is 47.4 Å². The summed E-state index contributed by atoms with van der Waals surface area (Å²) in [5, 5.41) is 8.20. The number of benzene rings is 2. The molecule has 0 atom stereocenters. The van der Waals surface area contributed by atoms with Crippen molar-refractivity contribution in [3.8, 4) is 0 Å². The quantitative estimate of drug-likeness (QED) is 0.891. The fourth-order valence-corrected chi connectivity index (χ4v) is 2.18. The van der Waals surface area contributed by atoms with E-state index in [1.807, 2.05) is 60.7 Å². The third-order valence-corrected chi connectivity index (χ3v) is 3.09. The van der Waals surface area contributed by atoms with E-state index in [4.69, 9.17) is 5.41 Å². The van der Waals surface area contributed by atoms with E-state index in [1.165, 1.54) is 4.90 Å². The lowest BCUT2D eigenvalue weighted by molar-refractivity contribution is -0.115. The molecular formula is C15H13N3O. The second-order valence-electron chi connectivity index (χ2n) is 4.31. The molecular weight excluding hydrogens is 238 g/mol. The van der Waals surface area contributed by atoms with E-state index in [-0.39, 0.29) is 18.4 Å². The molecule has 0 aliphatic carbocycles. The summed E-state index contributed by atoms with van der Waals surface area (Å²) >= 11 is 0. The number of carbonyl (C=O) groups is 1. The Morgan fingerprint density at radius 3 is 1.95 bits per heavy atom. The van der Waals surface area contributed by atoms with Crippen LogP contribution in [0.25, 0.3) is 0 Å². The van der Waals surface area contributed by atoms with Crippen LogP contribution in [-0.2, 0) is 4.79 Å². The number of nitrogens with zero attached hydrogens (tertiary/aromatic N) is 2. The van der Waals surface area contributed by atoms with Crippen molar-refractivity contribution < 1.29 is 4.79 Å². The number of hydrogen-bond donors (Lipinski definition) is 1. The first kappa shape index (κ1) is 11.5. The Kier molecular flexibility index (Phi) is 2.76. The minimum Gasteiger partial charge on any atom is -0.303 e. The van der Waals surface area contributed by atoms with Crippen molar-refractivity contribution >= 4 is 23.2 Å². The second-order valence-corrected chi connectivity index (χ2v) is 4.31. The molecule has 0 saturated carbocycles. The highest BCUT2D eigenvalue weighted by atomic mass is 16.2. The number of amides is 1. The Hall–Kier alpha value is -2.62. The van der Waals surface area contributed by atoms with E-state index < -0.39 is 0 Å². The lowest BCUT2D eigenvalue weighted by Crippen LogP contribution is -2.33. The fourth-order valence-electron chi connectivity index (χ4n) is 2.18. The summed E-state index contributed by atoms with van der Waals surface area (Å²) in [6.45, 7) is 0.206. The average molecular weight is 251 g/mol. The molecule has 2 aromatic rings. The summed E-state index contributed by atoms with van der Waals surface area (Å²) in [6, 6.07) is 18.8. The van der Waals surface area contributed by atoms with E-state index >= 15 is 0 Å². The maximum absolute atomic E-state index is 12.1. The lowest BCUT2D eigenvalue weighted by atomic mass is 10.3. The molecule has 19 heavy (non-hydrogen) atoms. The normalized spacial score (nSPS) is 15.2. The van der Waals surface area contributed by atoms with E-state index in [2.05, 4.69) is 0 Å². The smallest absolute Gasteiger partial charge is 0.253 e. The van der Waals surface area contributed by atoms with Crippen LogP contribution >= 0.6 is 0 Å². The summed E-state index contributed by atoms with van der Waals surface area (Å²) in [6.07, 6.45) is 0. The molecule has 4 nitrogen and oxygen atoms in total. The highest BCUT2D eigenvalue weighted by Gasteiger charge is 2.34. The number of nitrogens with one attached hydrogen (secondary N) is 1. The van der Waals surface area contributed by atoms with Crippen molar-refractivity contribution in [1.82, 2.24) is 0 Å². The number of para-hydroxylation sites is 2. The molecule has 2 aromatic carbocycles. The zero-order valence-electron chi connectivity index (χ0n) is 10.3. The van der Waals surface area contributed by atoms with Crippen LogP contribution in [0.2, 0.25) is 0 Å². The van der Waals surface area contributed by atoms with Crippen molar-refractivity contribution in [3.63, 3.8) is 0 Å². The standard InChI is InChI=1S/C15H13N3O/c16-15-17(12-7-3-1-4-8-12)11-14(19)18(15)13-9-5-2-6-10-13/h1-10,16H,11H2. The number of anilines is 2. The van der Waals surface area contributed by atoms with Gasteiger partial charge in [-0.15, -0.1) is 0 Å².